The summed E-state index contributed by atoms with van der Waals surface area (Å²) < 4.78 is 11.3. The Morgan fingerprint density at radius 3 is 2.19 bits per heavy atom. The molecular weight excluding hydrogens is 368 g/mol. The lowest BCUT2D eigenvalue weighted by atomic mass is 10.2. The number of carbonyl (C=O) groups is 1. The number of benzene rings is 1. The number of nitrogens with one attached hydrogen (secondary N) is 1. The highest BCUT2D eigenvalue weighted by molar-refractivity contribution is 7.12. The number of amides is 1. The molecule has 0 radical (unpaired) electrons. The van der Waals surface area contributed by atoms with Crippen molar-refractivity contribution in [3.05, 3.63) is 43.6 Å². The number of carbonyl (C=O) groups excluding carboxylic acids is 1. The van der Waals surface area contributed by atoms with E-state index in [1.165, 1.54) is 23.5 Å². The molecule has 2 aromatic rings. The highest BCUT2D eigenvalue weighted by Gasteiger charge is 2.23. The highest BCUT2D eigenvalue weighted by atomic mass is 32.1. The molecule has 0 fully saturated rings. The number of aryl methyl sites for hydroxylation is 2. The lowest BCUT2D eigenvalue weighted by Crippen LogP contribution is -2.14. The van der Waals surface area contributed by atoms with Gasteiger partial charge in [0, 0.05) is 15.8 Å². The summed E-state index contributed by atoms with van der Waals surface area (Å²) in [6, 6.07) is 4.54. The summed E-state index contributed by atoms with van der Waals surface area (Å²) in [6.07, 6.45) is 1.54. The Bertz CT molecular complexity index is 832. The van der Waals surface area contributed by atoms with Crippen LogP contribution in [-0.2, 0) is 0 Å². The molecule has 0 saturated carbocycles. The number of rotatable bonds is 9. The number of nitro groups is 1. The molecule has 27 heavy (non-hydrogen) atoms. The van der Waals surface area contributed by atoms with Crippen molar-refractivity contribution in [1.82, 2.24) is 0 Å². The standard InChI is InChI=1S/C19H24N2O5S/c1-5-7-25-17-10-15(16(21(23)24)11-18(17)26-8-6-2)20-19(22)14-9-12(3)27-13(14)4/h9-11H,5-8H2,1-4H3,(H,20,22). The Labute approximate surface area is 162 Å². The van der Waals surface area contributed by atoms with E-state index in [-0.39, 0.29) is 17.3 Å². The molecule has 146 valence electrons. The fourth-order valence-corrected chi connectivity index (χ4v) is 3.42. The van der Waals surface area contributed by atoms with Crippen molar-refractivity contribution in [2.24, 2.45) is 0 Å². The van der Waals surface area contributed by atoms with Crippen LogP contribution in [0, 0.1) is 24.0 Å². The van der Waals surface area contributed by atoms with E-state index in [4.69, 9.17) is 9.47 Å². The van der Waals surface area contributed by atoms with E-state index in [0.717, 1.165) is 22.6 Å². The van der Waals surface area contributed by atoms with Crippen molar-refractivity contribution < 1.29 is 19.2 Å². The van der Waals surface area contributed by atoms with Gasteiger partial charge in [-0.2, -0.15) is 0 Å². The molecule has 0 spiro atoms. The van der Waals surface area contributed by atoms with E-state index in [1.54, 1.807) is 6.07 Å². The van der Waals surface area contributed by atoms with Crippen LogP contribution in [0.1, 0.15) is 46.8 Å². The van der Waals surface area contributed by atoms with Gasteiger partial charge in [0.15, 0.2) is 11.5 Å². The topological polar surface area (TPSA) is 90.7 Å². The Hall–Kier alpha value is -2.61. The van der Waals surface area contributed by atoms with Gasteiger partial charge in [0.1, 0.15) is 5.69 Å². The van der Waals surface area contributed by atoms with Gasteiger partial charge in [-0.05, 0) is 32.8 Å². The third-order valence-electron chi connectivity index (χ3n) is 3.72. The maximum atomic E-state index is 12.6. The van der Waals surface area contributed by atoms with Crippen molar-refractivity contribution in [2.75, 3.05) is 18.5 Å². The number of anilines is 1. The maximum absolute atomic E-state index is 12.6. The summed E-state index contributed by atoms with van der Waals surface area (Å²) in [7, 11) is 0. The summed E-state index contributed by atoms with van der Waals surface area (Å²) in [4.78, 5) is 25.5. The van der Waals surface area contributed by atoms with Crippen LogP contribution in [0.4, 0.5) is 11.4 Å². The number of nitro benzene ring substituents is 1. The molecule has 0 aliphatic carbocycles. The third-order valence-corrected chi connectivity index (χ3v) is 4.68. The normalized spacial score (nSPS) is 10.5. The fraction of sp³-hybridized carbons (Fsp3) is 0.421. The number of hydrogen-bond donors (Lipinski definition) is 1. The van der Waals surface area contributed by atoms with Gasteiger partial charge in [0.2, 0.25) is 0 Å². The number of thiophene rings is 1. The van der Waals surface area contributed by atoms with Gasteiger partial charge in [-0.1, -0.05) is 13.8 Å². The second kappa shape index (κ2) is 9.36. The van der Waals surface area contributed by atoms with Gasteiger partial charge >= 0.3 is 0 Å². The Kier molecular flexibility index (Phi) is 7.18. The minimum absolute atomic E-state index is 0.0863. The first-order valence-electron chi connectivity index (χ1n) is 8.83. The van der Waals surface area contributed by atoms with Crippen LogP contribution in [0.25, 0.3) is 0 Å². The molecule has 7 nitrogen and oxygen atoms in total. The van der Waals surface area contributed by atoms with Gasteiger partial charge in [0.05, 0.1) is 29.8 Å². The molecule has 1 heterocycles. The SMILES string of the molecule is CCCOc1cc(NC(=O)c2cc(C)sc2C)c([N+](=O)[O-])cc1OCCC. The smallest absolute Gasteiger partial charge is 0.296 e. The first kappa shape index (κ1) is 20.7. The maximum Gasteiger partial charge on any atom is 0.296 e. The van der Waals surface area contributed by atoms with Crippen LogP contribution in [0.3, 0.4) is 0 Å². The lowest BCUT2D eigenvalue weighted by molar-refractivity contribution is -0.384. The van der Waals surface area contributed by atoms with Crippen LogP contribution >= 0.6 is 11.3 Å². The molecule has 0 aliphatic heterocycles. The number of nitrogens with zero attached hydrogens (tertiary/aromatic N) is 1. The zero-order valence-electron chi connectivity index (χ0n) is 16.0. The predicted octanol–water partition coefficient (Wildman–Crippen LogP) is 5.10. The summed E-state index contributed by atoms with van der Waals surface area (Å²) in [6.45, 7) is 8.52. The van der Waals surface area contributed by atoms with Crippen LogP contribution < -0.4 is 14.8 Å². The Morgan fingerprint density at radius 1 is 1.11 bits per heavy atom. The molecule has 1 N–H and O–H groups in total. The van der Waals surface area contributed by atoms with Crippen molar-refractivity contribution in [2.45, 2.75) is 40.5 Å². The van der Waals surface area contributed by atoms with Gasteiger partial charge in [-0.15, -0.1) is 11.3 Å². The Morgan fingerprint density at radius 2 is 1.70 bits per heavy atom. The second-order valence-electron chi connectivity index (χ2n) is 6.05. The first-order valence-corrected chi connectivity index (χ1v) is 9.65. The zero-order valence-corrected chi connectivity index (χ0v) is 16.8. The molecule has 1 amide bonds. The van der Waals surface area contributed by atoms with Crippen molar-refractivity contribution >= 4 is 28.6 Å². The van der Waals surface area contributed by atoms with E-state index in [1.807, 2.05) is 27.7 Å². The third kappa shape index (κ3) is 5.19. The molecule has 1 aromatic heterocycles. The average molecular weight is 392 g/mol. The van der Waals surface area contributed by atoms with E-state index in [9.17, 15) is 14.9 Å². The van der Waals surface area contributed by atoms with E-state index in [0.29, 0.717) is 30.3 Å². The second-order valence-corrected chi connectivity index (χ2v) is 7.51. The molecule has 2 rings (SSSR count). The monoisotopic (exact) mass is 392 g/mol. The molecule has 0 saturated heterocycles. The zero-order chi connectivity index (χ0) is 20.0. The largest absolute Gasteiger partial charge is 0.490 e. The van der Waals surface area contributed by atoms with E-state index in [2.05, 4.69) is 5.32 Å². The van der Waals surface area contributed by atoms with Crippen LogP contribution in [-0.4, -0.2) is 24.0 Å². The van der Waals surface area contributed by atoms with Crippen molar-refractivity contribution in [3.8, 4) is 11.5 Å². The first-order chi connectivity index (χ1) is 12.9. The quantitative estimate of drug-likeness (QED) is 0.473. The minimum Gasteiger partial charge on any atom is -0.490 e. The van der Waals surface area contributed by atoms with Crippen LogP contribution in [0.2, 0.25) is 0 Å². The van der Waals surface area contributed by atoms with Gasteiger partial charge in [-0.3, -0.25) is 14.9 Å². The van der Waals surface area contributed by atoms with Crippen molar-refractivity contribution in [3.63, 3.8) is 0 Å². The summed E-state index contributed by atoms with van der Waals surface area (Å²) in [5, 5.41) is 14.2. The molecule has 8 heteroatoms. The predicted molar refractivity (Wildman–Crippen MR) is 106 cm³/mol. The Balaban J connectivity index is 2.41. The van der Waals surface area contributed by atoms with E-state index < -0.39 is 4.92 Å². The molecule has 1 aromatic carbocycles. The molecule has 0 unspecified atom stereocenters. The molecule has 0 atom stereocenters. The highest BCUT2D eigenvalue weighted by Crippen LogP contribution is 2.38. The van der Waals surface area contributed by atoms with Gasteiger partial charge in [-0.25, -0.2) is 0 Å². The number of ether oxygens (including phenoxy) is 2. The molecule has 0 aliphatic rings. The summed E-state index contributed by atoms with van der Waals surface area (Å²) in [5.41, 5.74) is 0.361. The fourth-order valence-electron chi connectivity index (χ4n) is 2.50. The van der Waals surface area contributed by atoms with E-state index >= 15 is 0 Å². The average Bonchev–Trinajstić information content (AvgIpc) is 2.96. The summed E-state index contributed by atoms with van der Waals surface area (Å²) >= 11 is 1.50. The molecule has 0 bridgehead atoms. The number of hydrogen-bond acceptors (Lipinski definition) is 6. The lowest BCUT2D eigenvalue weighted by Gasteiger charge is -2.14. The van der Waals surface area contributed by atoms with Gasteiger partial charge < -0.3 is 14.8 Å². The minimum atomic E-state index is -0.538. The van der Waals surface area contributed by atoms with Crippen LogP contribution in [0.5, 0.6) is 11.5 Å². The van der Waals surface area contributed by atoms with Crippen molar-refractivity contribution in [1.29, 1.82) is 0 Å². The van der Waals surface area contributed by atoms with Gasteiger partial charge in [0.25, 0.3) is 11.6 Å². The van der Waals surface area contributed by atoms with Crippen LogP contribution in [0.15, 0.2) is 18.2 Å². The molecular formula is C19H24N2O5S. The summed E-state index contributed by atoms with van der Waals surface area (Å²) in [5.74, 6) is 0.297.